The Bertz CT molecular complexity index is 5940. The molecular weight excluding hydrogens is 1170 g/mol. The van der Waals surface area contributed by atoms with E-state index in [-0.39, 0.29) is 0 Å². The van der Waals surface area contributed by atoms with Crippen LogP contribution in [0, 0.1) is 27.7 Å². The van der Waals surface area contributed by atoms with E-state index in [9.17, 15) is 0 Å². The number of hydrogen-bond donors (Lipinski definition) is 0. The molecular formula is C95H66N2. The van der Waals surface area contributed by atoms with Gasteiger partial charge < -0.3 is 9.80 Å². The smallest absolute Gasteiger partial charge is 0.0725 e. The van der Waals surface area contributed by atoms with Crippen molar-refractivity contribution in [2.45, 2.75) is 44.9 Å². The molecule has 16 aromatic carbocycles. The lowest BCUT2D eigenvalue weighted by atomic mass is 9.70. The minimum atomic E-state index is -0.540. The molecule has 0 N–H and O–H groups in total. The van der Waals surface area contributed by atoms with Crippen molar-refractivity contribution < 1.29 is 0 Å². The first-order chi connectivity index (χ1) is 47.7. The van der Waals surface area contributed by atoms with E-state index in [4.69, 9.17) is 0 Å². The molecule has 0 saturated carbocycles. The van der Waals surface area contributed by atoms with Crippen molar-refractivity contribution in [3.8, 4) is 44.5 Å². The Labute approximate surface area is 566 Å². The highest BCUT2D eigenvalue weighted by atomic mass is 15.1. The van der Waals surface area contributed by atoms with Crippen LogP contribution in [0.2, 0.25) is 0 Å². The Morgan fingerprint density at radius 3 is 1.28 bits per heavy atom. The van der Waals surface area contributed by atoms with Gasteiger partial charge >= 0.3 is 0 Å². The number of anilines is 6. The lowest BCUT2D eigenvalue weighted by molar-refractivity contribution is 0.795. The molecule has 456 valence electrons. The number of nitrogens with zero attached hydrogens (tertiary/aromatic N) is 2. The van der Waals surface area contributed by atoms with Crippen LogP contribution in [0.4, 0.5) is 34.1 Å². The van der Waals surface area contributed by atoms with E-state index < -0.39 is 10.8 Å². The van der Waals surface area contributed by atoms with Gasteiger partial charge in [0.2, 0.25) is 0 Å². The summed E-state index contributed by atoms with van der Waals surface area (Å²) in [6.07, 6.45) is 0.728. The third-order valence-corrected chi connectivity index (χ3v) is 22.6. The highest BCUT2D eigenvalue weighted by molar-refractivity contribution is 6.12. The fourth-order valence-corrected chi connectivity index (χ4v) is 18.3. The standard InChI is InChI=1S/C95H66N2/c1-58-38-39-66(91(48-58)97(70-26-9-6-10-27-70)72-44-41-64-54-81-89(57-68(64)53-72)94(87-46-42-62-22-11-12-28-75(62)92(81)87)83-34-17-13-29-76(83)77-30-14-18-35-84(77)94)51-65-23-21-33-80-74(65)45-47-88-93(80)82-55-63-40-43-71(96(69-24-7-5-8-25-69)73-49-59(2)61(4)60(3)50-73)52-67(63)56-90(82)95(88)85-36-19-15-31-78(85)79-32-16-20-37-86(79)95/h5-50,52-57H,51H2,1-4H3. The van der Waals surface area contributed by atoms with Crippen molar-refractivity contribution in [1.29, 1.82) is 0 Å². The molecule has 0 aliphatic heterocycles. The second kappa shape index (κ2) is 20.8. The minimum absolute atomic E-state index is 0.480. The summed E-state index contributed by atoms with van der Waals surface area (Å²) >= 11 is 0. The maximum Gasteiger partial charge on any atom is 0.0725 e. The average molecular weight is 1240 g/mol. The first-order valence-corrected chi connectivity index (χ1v) is 34.3. The van der Waals surface area contributed by atoms with E-state index in [2.05, 4.69) is 353 Å². The molecule has 0 heterocycles. The highest BCUT2D eigenvalue weighted by Gasteiger charge is 2.54. The van der Waals surface area contributed by atoms with Gasteiger partial charge in [0.25, 0.3) is 0 Å². The zero-order valence-electron chi connectivity index (χ0n) is 54.6. The van der Waals surface area contributed by atoms with Crippen LogP contribution in [0.3, 0.4) is 0 Å². The summed E-state index contributed by atoms with van der Waals surface area (Å²) in [5.74, 6) is 0. The molecule has 2 nitrogen and oxygen atoms in total. The number of rotatable bonds is 8. The lowest BCUT2D eigenvalue weighted by Crippen LogP contribution is -2.25. The number of hydrogen-bond acceptors (Lipinski definition) is 2. The summed E-state index contributed by atoms with van der Waals surface area (Å²) < 4.78 is 0. The zero-order chi connectivity index (χ0) is 64.4. The first kappa shape index (κ1) is 55.6. The predicted molar refractivity (Wildman–Crippen MR) is 407 cm³/mol. The maximum absolute atomic E-state index is 2.56. The largest absolute Gasteiger partial charge is 0.310 e. The molecule has 97 heavy (non-hydrogen) atoms. The summed E-state index contributed by atoms with van der Waals surface area (Å²) in [5, 5.41) is 9.99. The first-order valence-electron chi connectivity index (χ1n) is 34.3. The number of aryl methyl sites for hydroxylation is 3. The Morgan fingerprint density at radius 1 is 0.247 bits per heavy atom. The summed E-state index contributed by atoms with van der Waals surface area (Å²) in [4.78, 5) is 4.95. The van der Waals surface area contributed by atoms with E-state index in [1.54, 1.807) is 0 Å². The number of fused-ring (bicyclic) bond motifs is 26. The third-order valence-electron chi connectivity index (χ3n) is 22.6. The Morgan fingerprint density at radius 2 is 0.711 bits per heavy atom. The van der Waals surface area contributed by atoms with Crippen LogP contribution in [0.5, 0.6) is 0 Å². The van der Waals surface area contributed by atoms with E-state index in [0.29, 0.717) is 0 Å². The molecule has 16 aromatic rings. The van der Waals surface area contributed by atoms with Crippen molar-refractivity contribution >= 4 is 77.2 Å². The molecule has 0 aromatic heterocycles. The van der Waals surface area contributed by atoms with Crippen molar-refractivity contribution in [1.82, 2.24) is 0 Å². The minimum Gasteiger partial charge on any atom is -0.310 e. The van der Waals surface area contributed by atoms with Gasteiger partial charge in [-0.3, -0.25) is 0 Å². The zero-order valence-corrected chi connectivity index (χ0v) is 54.6. The van der Waals surface area contributed by atoms with Crippen LogP contribution in [-0.2, 0) is 17.3 Å². The molecule has 2 spiro atoms. The maximum atomic E-state index is 2.56. The van der Waals surface area contributed by atoms with Crippen LogP contribution in [0.15, 0.2) is 315 Å². The Balaban J connectivity index is 0.752. The topological polar surface area (TPSA) is 6.48 Å². The molecule has 0 atom stereocenters. The van der Waals surface area contributed by atoms with Gasteiger partial charge in [0.05, 0.1) is 10.8 Å². The van der Waals surface area contributed by atoms with E-state index in [0.717, 1.165) is 34.9 Å². The quantitative estimate of drug-likeness (QED) is 0.150. The third kappa shape index (κ3) is 7.78. The number of benzene rings is 16. The Kier molecular flexibility index (Phi) is 11.9. The van der Waals surface area contributed by atoms with Gasteiger partial charge in [0.15, 0.2) is 0 Å². The molecule has 0 amide bonds. The molecule has 4 aliphatic rings. The summed E-state index contributed by atoms with van der Waals surface area (Å²) in [6.45, 7) is 8.94. The predicted octanol–water partition coefficient (Wildman–Crippen LogP) is 24.8. The van der Waals surface area contributed by atoms with Gasteiger partial charge in [-0.2, -0.15) is 0 Å². The van der Waals surface area contributed by atoms with Gasteiger partial charge in [-0.1, -0.05) is 224 Å². The normalized spacial score (nSPS) is 13.6. The second-order valence-corrected chi connectivity index (χ2v) is 27.6. The van der Waals surface area contributed by atoms with Gasteiger partial charge in [-0.15, -0.1) is 0 Å². The molecule has 0 radical (unpaired) electrons. The van der Waals surface area contributed by atoms with Crippen LogP contribution >= 0.6 is 0 Å². The van der Waals surface area contributed by atoms with Gasteiger partial charge in [-0.25, -0.2) is 0 Å². The average Bonchev–Trinajstić information content (AvgIpc) is 1.51. The molecule has 20 rings (SSSR count). The van der Waals surface area contributed by atoms with Crippen LogP contribution in [-0.4, -0.2) is 0 Å². The Hall–Kier alpha value is -11.8. The monoisotopic (exact) mass is 1230 g/mol. The fraction of sp³-hybridized carbons (Fsp3) is 0.0737. The lowest BCUT2D eigenvalue weighted by Gasteiger charge is -2.31. The highest BCUT2D eigenvalue weighted by Crippen LogP contribution is 2.66. The van der Waals surface area contributed by atoms with E-state index >= 15 is 0 Å². The number of para-hydroxylation sites is 2. The van der Waals surface area contributed by atoms with Gasteiger partial charge in [0.1, 0.15) is 0 Å². The second-order valence-electron chi connectivity index (χ2n) is 27.6. The van der Waals surface area contributed by atoms with Crippen LogP contribution < -0.4 is 9.80 Å². The summed E-state index contributed by atoms with van der Waals surface area (Å²) in [5.41, 5.74) is 34.8. The molecule has 0 saturated heterocycles. The van der Waals surface area contributed by atoms with Gasteiger partial charge in [0, 0.05) is 40.5 Å². The fourth-order valence-electron chi connectivity index (χ4n) is 18.3. The molecule has 0 bridgehead atoms. The molecule has 2 heteroatoms. The van der Waals surface area contributed by atoms with Crippen LogP contribution in [0.25, 0.3) is 87.6 Å². The van der Waals surface area contributed by atoms with E-state index in [1.807, 2.05) is 0 Å². The van der Waals surface area contributed by atoms with Crippen molar-refractivity contribution in [3.05, 3.63) is 393 Å². The molecule has 4 aliphatic carbocycles. The van der Waals surface area contributed by atoms with Crippen molar-refractivity contribution in [3.63, 3.8) is 0 Å². The molecule has 0 fully saturated rings. The van der Waals surface area contributed by atoms with Crippen molar-refractivity contribution in [2.24, 2.45) is 0 Å². The van der Waals surface area contributed by atoms with Crippen molar-refractivity contribution in [2.75, 3.05) is 9.80 Å². The summed E-state index contributed by atoms with van der Waals surface area (Å²) in [6, 6.07) is 121. The summed E-state index contributed by atoms with van der Waals surface area (Å²) in [7, 11) is 0. The van der Waals surface area contributed by atoms with E-state index in [1.165, 1.54) is 171 Å². The van der Waals surface area contributed by atoms with Gasteiger partial charge in [-0.05, 0) is 284 Å². The van der Waals surface area contributed by atoms with Crippen LogP contribution in [0.1, 0.15) is 77.9 Å². The molecule has 0 unspecified atom stereocenters. The SMILES string of the molecule is Cc1ccc(Cc2cccc3c4c(ccc23)C2(c3ccccc3-c3ccccc32)c2cc3cc(N(c5ccccc5)c5cc(C)c(C)c(C)c5)ccc3cc2-4)c(N(c2ccccc2)c2ccc3cc4c(cc3c2)C2(c3ccccc3-c3ccccc32)c2ccc3ccccc3c2-4)c1.